The van der Waals surface area contributed by atoms with Gasteiger partial charge in [-0.1, -0.05) is 6.07 Å². The number of nitrogens with one attached hydrogen (secondary N) is 1. The number of hydrogen-bond donors (Lipinski definition) is 1. The van der Waals surface area contributed by atoms with Gasteiger partial charge in [-0.25, -0.2) is 0 Å². The van der Waals surface area contributed by atoms with Gasteiger partial charge in [0.25, 0.3) is 0 Å². The second-order valence-electron chi connectivity index (χ2n) is 8.28. The number of aryl methyl sites for hydroxylation is 1. The van der Waals surface area contributed by atoms with Crippen molar-refractivity contribution in [3.05, 3.63) is 35.9 Å². The van der Waals surface area contributed by atoms with Gasteiger partial charge >= 0.3 is 0 Å². The minimum absolute atomic E-state index is 0. The molecule has 8 nitrogen and oxygen atoms in total. The zero-order valence-electron chi connectivity index (χ0n) is 20.5. The number of amides is 1. The SMILES string of the molecule is COc1cc(N2CCN(CCCOc3ccc4c(c3)NC(=O)CC4)CC2)cc(OC)c1OC.Cl.Cl. The van der Waals surface area contributed by atoms with E-state index < -0.39 is 0 Å². The Bertz CT molecular complexity index is 959. The normalized spacial score (nSPS) is 15.2. The molecule has 2 aromatic rings. The smallest absolute Gasteiger partial charge is 0.224 e. The molecule has 35 heavy (non-hydrogen) atoms. The Kier molecular flexibility index (Phi) is 11.1. The van der Waals surface area contributed by atoms with Crippen LogP contribution in [-0.2, 0) is 11.2 Å². The van der Waals surface area contributed by atoms with Gasteiger partial charge in [0.1, 0.15) is 5.75 Å². The van der Waals surface area contributed by atoms with E-state index in [1.54, 1.807) is 21.3 Å². The second-order valence-corrected chi connectivity index (χ2v) is 8.28. The number of piperazine rings is 1. The van der Waals surface area contributed by atoms with E-state index in [0.717, 1.165) is 62.7 Å². The van der Waals surface area contributed by atoms with E-state index in [9.17, 15) is 4.79 Å². The van der Waals surface area contributed by atoms with Gasteiger partial charge < -0.3 is 29.2 Å². The van der Waals surface area contributed by atoms with Gasteiger partial charge in [0, 0.05) is 68.7 Å². The molecule has 0 radical (unpaired) electrons. The Labute approximate surface area is 219 Å². The van der Waals surface area contributed by atoms with Crippen LogP contribution in [0, 0.1) is 0 Å². The maximum Gasteiger partial charge on any atom is 0.224 e. The number of benzene rings is 2. The van der Waals surface area contributed by atoms with Gasteiger partial charge in [0.05, 0.1) is 27.9 Å². The molecular weight excluding hydrogens is 493 g/mol. The van der Waals surface area contributed by atoms with Crippen LogP contribution in [0.3, 0.4) is 0 Å². The van der Waals surface area contributed by atoms with Gasteiger partial charge in [-0.3, -0.25) is 9.69 Å². The van der Waals surface area contributed by atoms with E-state index in [-0.39, 0.29) is 30.7 Å². The number of ether oxygens (including phenoxy) is 4. The van der Waals surface area contributed by atoms with Crippen LogP contribution in [-0.4, -0.2) is 71.5 Å². The Morgan fingerprint density at radius 1 is 0.886 bits per heavy atom. The molecule has 2 aromatic carbocycles. The number of methoxy groups -OCH3 is 3. The van der Waals surface area contributed by atoms with Crippen molar-refractivity contribution in [1.29, 1.82) is 0 Å². The summed E-state index contributed by atoms with van der Waals surface area (Å²) in [4.78, 5) is 16.4. The Hall–Kier alpha value is -2.55. The van der Waals surface area contributed by atoms with Crippen molar-refractivity contribution in [2.24, 2.45) is 0 Å². The fraction of sp³-hybridized carbons (Fsp3) is 0.480. The van der Waals surface area contributed by atoms with Gasteiger partial charge in [0.2, 0.25) is 11.7 Å². The molecule has 0 aromatic heterocycles. The van der Waals surface area contributed by atoms with Crippen LogP contribution < -0.4 is 29.2 Å². The summed E-state index contributed by atoms with van der Waals surface area (Å²) in [5.74, 6) is 2.85. The monoisotopic (exact) mass is 527 g/mol. The first kappa shape index (κ1) is 28.7. The minimum Gasteiger partial charge on any atom is -0.493 e. The molecule has 1 fully saturated rings. The molecule has 0 bridgehead atoms. The Morgan fingerprint density at radius 3 is 2.20 bits per heavy atom. The van der Waals surface area contributed by atoms with Crippen LogP contribution in [0.25, 0.3) is 0 Å². The first-order valence-corrected chi connectivity index (χ1v) is 11.4. The van der Waals surface area contributed by atoms with Crippen LogP contribution >= 0.6 is 24.8 Å². The van der Waals surface area contributed by atoms with E-state index in [1.807, 2.05) is 30.3 Å². The lowest BCUT2D eigenvalue weighted by Gasteiger charge is -2.36. The highest BCUT2D eigenvalue weighted by molar-refractivity contribution is 5.94. The average Bonchev–Trinajstić information content (AvgIpc) is 2.85. The summed E-state index contributed by atoms with van der Waals surface area (Å²) in [6.07, 6.45) is 2.30. The Morgan fingerprint density at radius 2 is 1.57 bits per heavy atom. The fourth-order valence-corrected chi connectivity index (χ4v) is 4.40. The molecule has 1 amide bonds. The third kappa shape index (κ3) is 6.99. The quantitative estimate of drug-likeness (QED) is 0.493. The number of nitrogens with zero attached hydrogens (tertiary/aromatic N) is 2. The van der Waals surface area contributed by atoms with Crippen molar-refractivity contribution in [1.82, 2.24) is 4.90 Å². The summed E-state index contributed by atoms with van der Waals surface area (Å²) in [6, 6.07) is 9.99. The number of halogens is 2. The highest BCUT2D eigenvalue weighted by Gasteiger charge is 2.21. The maximum absolute atomic E-state index is 11.6. The highest BCUT2D eigenvalue weighted by atomic mass is 35.5. The summed E-state index contributed by atoms with van der Waals surface area (Å²) in [5.41, 5.74) is 3.13. The summed E-state index contributed by atoms with van der Waals surface area (Å²) < 4.78 is 22.3. The molecule has 194 valence electrons. The third-order valence-electron chi connectivity index (χ3n) is 6.25. The number of hydrogen-bond acceptors (Lipinski definition) is 7. The third-order valence-corrected chi connectivity index (χ3v) is 6.25. The molecule has 2 aliphatic rings. The molecule has 0 unspecified atom stereocenters. The minimum atomic E-state index is 0. The molecule has 0 atom stereocenters. The first-order valence-electron chi connectivity index (χ1n) is 11.4. The number of anilines is 2. The molecule has 2 heterocycles. The van der Waals surface area contributed by atoms with Crippen molar-refractivity contribution in [2.75, 3.05) is 70.9 Å². The molecule has 1 N–H and O–H groups in total. The molecule has 2 aliphatic heterocycles. The standard InChI is InChI=1S/C25H33N3O5.2ClH/c1-30-22-15-19(16-23(31-2)25(22)32-3)28-12-10-27(11-13-28)9-4-14-33-20-7-5-18-6-8-24(29)26-21(18)17-20;;/h5,7,15-17H,4,6,8-14H2,1-3H3,(H,26,29);2*1H. The molecular formula is C25H35Cl2N3O5. The topological polar surface area (TPSA) is 72.5 Å². The molecule has 4 rings (SSSR count). The van der Waals surface area contributed by atoms with E-state index in [4.69, 9.17) is 18.9 Å². The summed E-state index contributed by atoms with van der Waals surface area (Å²) in [7, 11) is 4.90. The molecule has 10 heteroatoms. The van der Waals surface area contributed by atoms with Crippen molar-refractivity contribution in [2.45, 2.75) is 19.3 Å². The number of carbonyl (C=O) groups excluding carboxylic acids is 1. The molecule has 0 spiro atoms. The van der Waals surface area contributed by atoms with E-state index in [2.05, 4.69) is 15.1 Å². The lowest BCUT2D eigenvalue weighted by molar-refractivity contribution is -0.116. The molecule has 0 saturated carbocycles. The largest absolute Gasteiger partial charge is 0.493 e. The summed E-state index contributed by atoms with van der Waals surface area (Å²) >= 11 is 0. The average molecular weight is 528 g/mol. The van der Waals surface area contributed by atoms with Crippen molar-refractivity contribution in [3.8, 4) is 23.0 Å². The van der Waals surface area contributed by atoms with Crippen molar-refractivity contribution >= 4 is 42.1 Å². The van der Waals surface area contributed by atoms with Crippen LogP contribution in [0.1, 0.15) is 18.4 Å². The maximum atomic E-state index is 11.6. The van der Waals surface area contributed by atoms with Gasteiger partial charge in [-0.2, -0.15) is 0 Å². The van der Waals surface area contributed by atoms with Crippen molar-refractivity contribution in [3.63, 3.8) is 0 Å². The predicted octanol–water partition coefficient (Wildman–Crippen LogP) is 4.03. The van der Waals surface area contributed by atoms with Crippen LogP contribution in [0.4, 0.5) is 11.4 Å². The fourth-order valence-electron chi connectivity index (χ4n) is 4.40. The lowest BCUT2D eigenvalue weighted by Crippen LogP contribution is -2.46. The van der Waals surface area contributed by atoms with E-state index >= 15 is 0 Å². The number of carbonyl (C=O) groups is 1. The molecule has 1 saturated heterocycles. The van der Waals surface area contributed by atoms with Gasteiger partial charge in [-0.15, -0.1) is 24.8 Å². The lowest BCUT2D eigenvalue weighted by atomic mass is 10.0. The van der Waals surface area contributed by atoms with Crippen LogP contribution in [0.15, 0.2) is 30.3 Å². The van der Waals surface area contributed by atoms with Crippen LogP contribution in [0.2, 0.25) is 0 Å². The zero-order chi connectivity index (χ0) is 23.2. The second kappa shape index (κ2) is 13.5. The number of rotatable bonds is 9. The van der Waals surface area contributed by atoms with Crippen LogP contribution in [0.5, 0.6) is 23.0 Å². The van der Waals surface area contributed by atoms with Gasteiger partial charge in [0.15, 0.2) is 11.5 Å². The highest BCUT2D eigenvalue weighted by Crippen LogP contribution is 2.41. The summed E-state index contributed by atoms with van der Waals surface area (Å²) in [6.45, 7) is 5.49. The Balaban J connectivity index is 0.00000216. The van der Waals surface area contributed by atoms with Crippen molar-refractivity contribution < 1.29 is 23.7 Å². The summed E-state index contributed by atoms with van der Waals surface area (Å²) in [5, 5.41) is 2.93. The van der Waals surface area contributed by atoms with Gasteiger partial charge in [-0.05, 0) is 24.5 Å². The van der Waals surface area contributed by atoms with E-state index in [0.29, 0.717) is 30.3 Å². The zero-order valence-corrected chi connectivity index (χ0v) is 22.1. The van der Waals surface area contributed by atoms with E-state index in [1.165, 1.54) is 5.56 Å². The number of fused-ring (bicyclic) bond motifs is 1. The molecule has 0 aliphatic carbocycles. The first-order chi connectivity index (χ1) is 16.1. The predicted molar refractivity (Wildman–Crippen MR) is 143 cm³/mol.